The van der Waals surface area contributed by atoms with E-state index in [2.05, 4.69) is 42.3 Å². The summed E-state index contributed by atoms with van der Waals surface area (Å²) in [6, 6.07) is 10.3. The van der Waals surface area contributed by atoms with Crippen molar-refractivity contribution in [2.45, 2.75) is 13.8 Å². The molecule has 76 valence electrons. The Morgan fingerprint density at radius 3 is 2.67 bits per heavy atom. The van der Waals surface area contributed by atoms with Gasteiger partial charge in [-0.3, -0.25) is 4.98 Å². The summed E-state index contributed by atoms with van der Waals surface area (Å²) in [5, 5.41) is 3.34. The summed E-state index contributed by atoms with van der Waals surface area (Å²) in [4.78, 5) is 4.07. The Labute approximate surface area is 90.0 Å². The topological polar surface area (TPSA) is 24.9 Å². The van der Waals surface area contributed by atoms with E-state index >= 15 is 0 Å². The highest BCUT2D eigenvalue weighted by Crippen LogP contribution is 2.20. The van der Waals surface area contributed by atoms with Crippen molar-refractivity contribution in [1.29, 1.82) is 0 Å². The van der Waals surface area contributed by atoms with E-state index in [1.54, 1.807) is 6.20 Å². The molecule has 0 amide bonds. The van der Waals surface area contributed by atoms with Crippen LogP contribution in [0.25, 0.3) is 0 Å². The first-order chi connectivity index (χ1) is 7.25. The van der Waals surface area contributed by atoms with Gasteiger partial charge in [-0.1, -0.05) is 17.7 Å². The van der Waals surface area contributed by atoms with Gasteiger partial charge in [0, 0.05) is 11.9 Å². The lowest BCUT2D eigenvalue weighted by molar-refractivity contribution is 1.31. The van der Waals surface area contributed by atoms with Crippen LogP contribution in [-0.2, 0) is 0 Å². The molecule has 0 saturated heterocycles. The summed E-state index contributed by atoms with van der Waals surface area (Å²) < 4.78 is 0. The Balaban J connectivity index is 2.25. The zero-order valence-corrected chi connectivity index (χ0v) is 8.99. The van der Waals surface area contributed by atoms with E-state index < -0.39 is 0 Å². The highest BCUT2D eigenvalue weighted by atomic mass is 14.9. The fraction of sp³-hybridized carbons (Fsp3) is 0.154. The number of aromatic nitrogens is 1. The van der Waals surface area contributed by atoms with Crippen LogP contribution in [0, 0.1) is 13.8 Å². The molecule has 15 heavy (non-hydrogen) atoms. The minimum atomic E-state index is 1.02. The molecule has 0 aliphatic carbocycles. The quantitative estimate of drug-likeness (QED) is 0.799. The lowest BCUT2D eigenvalue weighted by Gasteiger charge is -2.09. The molecule has 1 aromatic carbocycles. The molecule has 0 unspecified atom stereocenters. The van der Waals surface area contributed by atoms with Gasteiger partial charge in [-0.15, -0.1) is 0 Å². The highest BCUT2D eigenvalue weighted by molar-refractivity contribution is 5.62. The van der Waals surface area contributed by atoms with Crippen molar-refractivity contribution in [3.63, 3.8) is 0 Å². The maximum absolute atomic E-state index is 4.07. The van der Waals surface area contributed by atoms with Crippen molar-refractivity contribution in [1.82, 2.24) is 4.98 Å². The number of hydrogen-bond donors (Lipinski definition) is 1. The summed E-state index contributed by atoms with van der Waals surface area (Å²) in [6.07, 6.45) is 3.59. The minimum absolute atomic E-state index is 1.02. The van der Waals surface area contributed by atoms with E-state index in [1.807, 2.05) is 18.3 Å². The SMILES string of the molecule is Cc1ccc(Nc2cccnc2)c(C)c1. The molecule has 1 N–H and O–H groups in total. The smallest absolute Gasteiger partial charge is 0.0570 e. The van der Waals surface area contributed by atoms with Crippen LogP contribution in [0.2, 0.25) is 0 Å². The van der Waals surface area contributed by atoms with Crippen LogP contribution >= 0.6 is 0 Å². The van der Waals surface area contributed by atoms with Gasteiger partial charge in [-0.25, -0.2) is 0 Å². The molecule has 0 spiro atoms. The van der Waals surface area contributed by atoms with Gasteiger partial charge in [0.15, 0.2) is 0 Å². The zero-order valence-electron chi connectivity index (χ0n) is 8.99. The minimum Gasteiger partial charge on any atom is -0.354 e. The first-order valence-electron chi connectivity index (χ1n) is 5.00. The van der Waals surface area contributed by atoms with E-state index in [4.69, 9.17) is 0 Å². The molecule has 0 aliphatic rings. The fourth-order valence-electron chi connectivity index (χ4n) is 1.55. The molecule has 0 radical (unpaired) electrons. The van der Waals surface area contributed by atoms with Crippen LogP contribution in [0.15, 0.2) is 42.7 Å². The lowest BCUT2D eigenvalue weighted by Crippen LogP contribution is -1.93. The average Bonchev–Trinajstić information content (AvgIpc) is 2.24. The second kappa shape index (κ2) is 4.13. The van der Waals surface area contributed by atoms with E-state index in [0.29, 0.717) is 0 Å². The third-order valence-electron chi connectivity index (χ3n) is 2.32. The van der Waals surface area contributed by atoms with Crippen molar-refractivity contribution in [2.75, 3.05) is 5.32 Å². The molecule has 1 aromatic heterocycles. The van der Waals surface area contributed by atoms with Gasteiger partial charge in [0.1, 0.15) is 0 Å². The van der Waals surface area contributed by atoms with Gasteiger partial charge < -0.3 is 5.32 Å². The molecule has 2 heteroatoms. The second-order valence-corrected chi connectivity index (χ2v) is 3.69. The Hall–Kier alpha value is -1.83. The maximum Gasteiger partial charge on any atom is 0.0570 e. The summed E-state index contributed by atoms with van der Waals surface area (Å²) in [7, 11) is 0. The van der Waals surface area contributed by atoms with Crippen LogP contribution in [0.4, 0.5) is 11.4 Å². The Kier molecular flexibility index (Phi) is 2.68. The van der Waals surface area contributed by atoms with E-state index in [9.17, 15) is 0 Å². The molecule has 0 fully saturated rings. The Morgan fingerprint density at radius 1 is 1.13 bits per heavy atom. The Morgan fingerprint density at radius 2 is 2.00 bits per heavy atom. The standard InChI is InChI=1S/C13H14N2/c1-10-5-6-13(11(2)8-10)15-12-4-3-7-14-9-12/h3-9,15H,1-2H3. The summed E-state index contributed by atoms with van der Waals surface area (Å²) in [5.74, 6) is 0. The zero-order chi connectivity index (χ0) is 10.7. The van der Waals surface area contributed by atoms with Crippen LogP contribution in [0.5, 0.6) is 0 Å². The molecular formula is C13H14N2. The third kappa shape index (κ3) is 2.34. The van der Waals surface area contributed by atoms with Gasteiger partial charge in [-0.05, 0) is 37.6 Å². The molecule has 0 saturated carbocycles. The van der Waals surface area contributed by atoms with E-state index in [1.165, 1.54) is 11.1 Å². The number of pyridine rings is 1. The average molecular weight is 198 g/mol. The van der Waals surface area contributed by atoms with Crippen molar-refractivity contribution in [3.8, 4) is 0 Å². The normalized spacial score (nSPS) is 10.0. The predicted octanol–water partition coefficient (Wildman–Crippen LogP) is 3.44. The first-order valence-corrected chi connectivity index (χ1v) is 5.00. The maximum atomic E-state index is 4.07. The van der Waals surface area contributed by atoms with Crippen molar-refractivity contribution < 1.29 is 0 Å². The van der Waals surface area contributed by atoms with E-state index in [0.717, 1.165) is 11.4 Å². The van der Waals surface area contributed by atoms with Gasteiger partial charge in [0.25, 0.3) is 0 Å². The van der Waals surface area contributed by atoms with Gasteiger partial charge in [0.2, 0.25) is 0 Å². The summed E-state index contributed by atoms with van der Waals surface area (Å²) >= 11 is 0. The van der Waals surface area contributed by atoms with Gasteiger partial charge in [0.05, 0.1) is 11.9 Å². The van der Waals surface area contributed by atoms with Crippen molar-refractivity contribution in [2.24, 2.45) is 0 Å². The molecule has 0 aliphatic heterocycles. The fourth-order valence-corrected chi connectivity index (χ4v) is 1.55. The highest BCUT2D eigenvalue weighted by Gasteiger charge is 1.98. The molecule has 1 heterocycles. The molecule has 2 rings (SSSR count). The number of nitrogens with one attached hydrogen (secondary N) is 1. The Bertz CT molecular complexity index is 449. The molecule has 2 nitrogen and oxygen atoms in total. The molecule has 0 atom stereocenters. The largest absolute Gasteiger partial charge is 0.354 e. The number of hydrogen-bond acceptors (Lipinski definition) is 2. The molecule has 0 bridgehead atoms. The number of anilines is 2. The van der Waals surface area contributed by atoms with Crippen molar-refractivity contribution in [3.05, 3.63) is 53.9 Å². The second-order valence-electron chi connectivity index (χ2n) is 3.69. The first kappa shape index (κ1) is 9.71. The van der Waals surface area contributed by atoms with Gasteiger partial charge in [-0.2, -0.15) is 0 Å². The van der Waals surface area contributed by atoms with Crippen LogP contribution in [0.3, 0.4) is 0 Å². The number of rotatable bonds is 2. The van der Waals surface area contributed by atoms with Crippen LogP contribution in [-0.4, -0.2) is 4.98 Å². The third-order valence-corrected chi connectivity index (χ3v) is 2.32. The lowest BCUT2D eigenvalue weighted by atomic mass is 10.1. The number of nitrogens with zero attached hydrogens (tertiary/aromatic N) is 1. The molecule has 2 aromatic rings. The predicted molar refractivity (Wildman–Crippen MR) is 63.4 cm³/mol. The molecular weight excluding hydrogens is 184 g/mol. The van der Waals surface area contributed by atoms with E-state index in [-0.39, 0.29) is 0 Å². The number of benzene rings is 1. The van der Waals surface area contributed by atoms with Crippen LogP contribution < -0.4 is 5.32 Å². The summed E-state index contributed by atoms with van der Waals surface area (Å²) in [6.45, 7) is 4.20. The van der Waals surface area contributed by atoms with Crippen LogP contribution in [0.1, 0.15) is 11.1 Å². The monoisotopic (exact) mass is 198 g/mol. The van der Waals surface area contributed by atoms with Crippen molar-refractivity contribution >= 4 is 11.4 Å². The summed E-state index contributed by atoms with van der Waals surface area (Å²) in [5.41, 5.74) is 4.68. The van der Waals surface area contributed by atoms with Gasteiger partial charge >= 0.3 is 0 Å². The number of aryl methyl sites for hydroxylation is 2.